The highest BCUT2D eigenvalue weighted by molar-refractivity contribution is 8.02. The van der Waals surface area contributed by atoms with E-state index in [1.807, 2.05) is 54.6 Å². The Balaban J connectivity index is 1.77. The first-order valence-electron chi connectivity index (χ1n) is 11.9. The summed E-state index contributed by atoms with van der Waals surface area (Å²) >= 11 is 3.25. The fourth-order valence-electron chi connectivity index (χ4n) is 3.44. The number of nitrogens with zero attached hydrogens (tertiary/aromatic N) is 3. The van der Waals surface area contributed by atoms with Crippen LogP contribution in [0.3, 0.4) is 0 Å². The molecular formula is C30H34N3OS2+. The molecule has 1 heterocycles. The van der Waals surface area contributed by atoms with Crippen LogP contribution in [0, 0.1) is 4.91 Å². The van der Waals surface area contributed by atoms with Gasteiger partial charge in [0.1, 0.15) is 5.70 Å². The van der Waals surface area contributed by atoms with E-state index in [9.17, 15) is 4.91 Å². The molecule has 2 aromatic rings. The molecule has 0 spiro atoms. The zero-order valence-corrected chi connectivity index (χ0v) is 23.5. The molecule has 6 heteroatoms. The van der Waals surface area contributed by atoms with Gasteiger partial charge in [0.15, 0.2) is 0 Å². The summed E-state index contributed by atoms with van der Waals surface area (Å²) in [5.41, 5.74) is 9.80. The van der Waals surface area contributed by atoms with Gasteiger partial charge >= 0.3 is 0 Å². The van der Waals surface area contributed by atoms with Crippen LogP contribution < -0.4 is 0 Å². The van der Waals surface area contributed by atoms with E-state index in [-0.39, 0.29) is 0 Å². The summed E-state index contributed by atoms with van der Waals surface area (Å²) in [5.74, 6) is 1.54. The van der Waals surface area contributed by atoms with Gasteiger partial charge < -0.3 is 0 Å². The first-order chi connectivity index (χ1) is 17.3. The summed E-state index contributed by atoms with van der Waals surface area (Å²) < 4.78 is 6.93. The number of allylic oxidation sites excluding steroid dienone is 6. The van der Waals surface area contributed by atoms with Crippen LogP contribution in [0.25, 0.3) is 5.70 Å². The van der Waals surface area contributed by atoms with E-state index < -0.39 is 0 Å². The van der Waals surface area contributed by atoms with Crippen LogP contribution in [0.5, 0.6) is 0 Å². The number of hydrogen-bond donors (Lipinski definition) is 0. The summed E-state index contributed by atoms with van der Waals surface area (Å²) in [7, 11) is 0. The summed E-state index contributed by atoms with van der Waals surface area (Å²) in [4.78, 5) is 12.7. The van der Waals surface area contributed by atoms with Crippen molar-refractivity contribution in [3.05, 3.63) is 116 Å². The van der Waals surface area contributed by atoms with Crippen molar-refractivity contribution in [3.63, 3.8) is 0 Å². The molecule has 1 aliphatic rings. The summed E-state index contributed by atoms with van der Waals surface area (Å²) in [6, 6.07) is 19.9. The zero-order valence-electron chi connectivity index (χ0n) is 21.9. The standard InChI is InChI=1S/C30H34N3OS2/c1-21(2)22(3)23(4)24(5)25(6)32-36-20-33-18-29(33)30(35-19-26-13-9-7-10-14-26)17-28(31-34)27-15-11-8-12-16-27/h7-18H,19-20H2,1-6H3/q+1/b24-23-,32-25+. The third-order valence-corrected chi connectivity index (χ3v) is 8.17. The Labute approximate surface area is 223 Å². The molecule has 1 aliphatic heterocycles. The molecule has 4 nitrogen and oxygen atoms in total. The van der Waals surface area contributed by atoms with Crippen molar-refractivity contribution in [1.82, 2.24) is 0 Å². The first-order valence-corrected chi connectivity index (χ1v) is 13.9. The molecule has 186 valence electrons. The van der Waals surface area contributed by atoms with E-state index in [2.05, 4.69) is 69.6 Å². The summed E-state index contributed by atoms with van der Waals surface area (Å²) in [6.45, 7) is 12.8. The lowest BCUT2D eigenvalue weighted by molar-refractivity contribution is -0.377. The molecule has 0 saturated carbocycles. The Kier molecular flexibility index (Phi) is 10.3. The molecule has 2 aromatic carbocycles. The van der Waals surface area contributed by atoms with Crippen molar-refractivity contribution >= 4 is 41.3 Å². The number of benzene rings is 2. The minimum absolute atomic E-state index is 0.436. The number of rotatable bonds is 11. The predicted octanol–water partition coefficient (Wildman–Crippen LogP) is 8.80. The quantitative estimate of drug-likeness (QED) is 0.0985. The highest BCUT2D eigenvalue weighted by Crippen LogP contribution is 2.33. The maximum Gasteiger partial charge on any atom is 0.284 e. The largest absolute Gasteiger partial charge is 0.284 e. The Bertz CT molecular complexity index is 1280. The van der Waals surface area contributed by atoms with Crippen LogP contribution in [0.15, 0.2) is 109 Å². The van der Waals surface area contributed by atoms with E-state index >= 15 is 0 Å². The third kappa shape index (κ3) is 7.77. The van der Waals surface area contributed by atoms with Gasteiger partial charge in [0, 0.05) is 29.0 Å². The van der Waals surface area contributed by atoms with Gasteiger partial charge in [-0.25, -0.2) is 4.40 Å². The maximum atomic E-state index is 11.7. The second-order valence-corrected chi connectivity index (χ2v) is 10.6. The maximum absolute atomic E-state index is 11.7. The molecule has 0 bridgehead atoms. The topological polar surface area (TPSA) is 44.8 Å². The fourth-order valence-corrected chi connectivity index (χ4v) is 5.19. The van der Waals surface area contributed by atoms with Crippen molar-refractivity contribution in [2.24, 2.45) is 9.57 Å². The predicted molar refractivity (Wildman–Crippen MR) is 159 cm³/mol. The van der Waals surface area contributed by atoms with Gasteiger partial charge in [0.05, 0.1) is 4.91 Å². The molecule has 0 unspecified atom stereocenters. The number of nitroso groups, excluding NO2 is 1. The van der Waals surface area contributed by atoms with Gasteiger partial charge in [-0.05, 0) is 75.1 Å². The molecule has 0 N–H and O–H groups in total. The van der Waals surface area contributed by atoms with Crippen molar-refractivity contribution in [1.29, 1.82) is 0 Å². The van der Waals surface area contributed by atoms with E-state index in [1.165, 1.54) is 39.8 Å². The lowest BCUT2D eigenvalue weighted by Crippen LogP contribution is -1.99. The molecule has 0 aromatic heterocycles. The molecule has 0 saturated heterocycles. The van der Waals surface area contributed by atoms with Crippen molar-refractivity contribution in [3.8, 4) is 0 Å². The average Bonchev–Trinajstić information content (AvgIpc) is 3.67. The molecule has 0 fully saturated rings. The van der Waals surface area contributed by atoms with Gasteiger partial charge in [-0.1, -0.05) is 66.2 Å². The van der Waals surface area contributed by atoms with Gasteiger partial charge in [-0.15, -0.1) is 16.7 Å². The van der Waals surface area contributed by atoms with E-state index in [0.717, 1.165) is 33.5 Å². The Morgan fingerprint density at radius 3 is 2.11 bits per heavy atom. The Morgan fingerprint density at radius 2 is 1.50 bits per heavy atom. The fraction of sp³-hybridized carbons (Fsp3) is 0.267. The average molecular weight is 517 g/mol. The van der Waals surface area contributed by atoms with Crippen molar-refractivity contribution < 1.29 is 4.58 Å². The second kappa shape index (κ2) is 13.4. The highest BCUT2D eigenvalue weighted by Gasteiger charge is 2.33. The molecule has 0 atom stereocenters. The lowest BCUT2D eigenvalue weighted by Gasteiger charge is -2.09. The highest BCUT2D eigenvalue weighted by atomic mass is 32.2. The van der Waals surface area contributed by atoms with Crippen LogP contribution in [-0.4, -0.2) is 22.4 Å². The lowest BCUT2D eigenvalue weighted by atomic mass is 9.98. The van der Waals surface area contributed by atoms with Crippen LogP contribution >= 0.6 is 23.7 Å². The van der Waals surface area contributed by atoms with Gasteiger partial charge in [-0.3, -0.25) is 0 Å². The molecule has 3 rings (SSSR count). The summed E-state index contributed by atoms with van der Waals surface area (Å²) in [5, 5.41) is 3.33. The molecule has 36 heavy (non-hydrogen) atoms. The molecular weight excluding hydrogens is 482 g/mol. The zero-order chi connectivity index (χ0) is 26.1. The van der Waals surface area contributed by atoms with E-state index in [1.54, 1.807) is 11.8 Å². The van der Waals surface area contributed by atoms with Crippen LogP contribution in [-0.2, 0) is 5.75 Å². The smallest absolute Gasteiger partial charge is 0.215 e. The first kappa shape index (κ1) is 27.6. The Morgan fingerprint density at radius 1 is 0.861 bits per heavy atom. The molecule has 0 radical (unpaired) electrons. The van der Waals surface area contributed by atoms with Gasteiger partial charge in [0.25, 0.3) is 5.70 Å². The summed E-state index contributed by atoms with van der Waals surface area (Å²) in [6.07, 6.45) is 4.01. The van der Waals surface area contributed by atoms with Gasteiger partial charge in [0.2, 0.25) is 12.1 Å². The number of thioether (sulfide) groups is 1. The molecule has 0 amide bonds. The van der Waals surface area contributed by atoms with E-state index in [4.69, 9.17) is 4.40 Å². The second-order valence-electron chi connectivity index (χ2n) is 8.92. The van der Waals surface area contributed by atoms with Gasteiger partial charge in [-0.2, -0.15) is 4.58 Å². The van der Waals surface area contributed by atoms with Crippen molar-refractivity contribution in [2.45, 2.75) is 47.3 Å². The van der Waals surface area contributed by atoms with Crippen LogP contribution in [0.4, 0.5) is 0 Å². The SMILES string of the molecule is CC(C)=C(C)/C(C)=C(C)\C(C)=N\SC[N+]1=CC/1=C(\C=C(/N=O)c1ccccc1)SCc1ccccc1. The number of hydrogen-bond acceptors (Lipinski definition) is 5. The minimum atomic E-state index is 0.436. The molecule has 0 aliphatic carbocycles. The van der Waals surface area contributed by atoms with Crippen LogP contribution in [0.1, 0.15) is 52.7 Å². The minimum Gasteiger partial charge on any atom is -0.215 e. The normalized spacial score (nSPS) is 15.7. The van der Waals surface area contributed by atoms with Crippen molar-refractivity contribution in [2.75, 3.05) is 5.88 Å². The monoisotopic (exact) mass is 516 g/mol. The van der Waals surface area contributed by atoms with E-state index in [0.29, 0.717) is 5.70 Å². The third-order valence-electron chi connectivity index (χ3n) is 6.26. The Hall–Kier alpha value is -2.96. The van der Waals surface area contributed by atoms with Crippen LogP contribution in [0.2, 0.25) is 0 Å².